The number of halogens is 6. The second kappa shape index (κ2) is 13.4. The van der Waals surface area contributed by atoms with Crippen LogP contribution in [0.25, 0.3) is 0 Å². The fourth-order valence-electron chi connectivity index (χ4n) is 3.53. The summed E-state index contributed by atoms with van der Waals surface area (Å²) >= 11 is 0. The highest BCUT2D eigenvalue weighted by atomic mass is 19.4. The van der Waals surface area contributed by atoms with Gasteiger partial charge < -0.3 is 23.7 Å². The topological polar surface area (TPSA) is 63.2 Å². The zero-order chi connectivity index (χ0) is 28.5. The van der Waals surface area contributed by atoms with E-state index in [4.69, 9.17) is 18.9 Å². The number of esters is 1. The lowest BCUT2D eigenvalue weighted by atomic mass is 9.90. The van der Waals surface area contributed by atoms with E-state index in [0.717, 1.165) is 76.4 Å². The summed E-state index contributed by atoms with van der Waals surface area (Å²) in [5.74, 6) is -1.02. The molecule has 1 atom stereocenters. The summed E-state index contributed by atoms with van der Waals surface area (Å²) in [7, 11) is 0. The Bertz CT molecular complexity index is 1040. The highest BCUT2D eigenvalue weighted by Gasteiger charge is 2.59. The third-order valence-corrected chi connectivity index (χ3v) is 5.76. The molecule has 0 saturated carbocycles. The third-order valence-electron chi connectivity index (χ3n) is 5.76. The molecule has 2 aromatic rings. The van der Waals surface area contributed by atoms with Gasteiger partial charge in [-0.25, -0.2) is 9.18 Å². The lowest BCUT2D eigenvalue weighted by Gasteiger charge is -2.37. The first-order valence-corrected chi connectivity index (χ1v) is 12.4. The normalized spacial score (nSPS) is 15.8. The molecule has 1 heterocycles. The fraction of sp³-hybridized carbons (Fsp3) is 0.519. The molecule has 0 bridgehead atoms. The molecule has 2 aromatic carbocycles. The van der Waals surface area contributed by atoms with Crippen molar-refractivity contribution in [3.63, 3.8) is 0 Å². The van der Waals surface area contributed by atoms with Crippen LogP contribution in [-0.2, 0) is 9.47 Å². The van der Waals surface area contributed by atoms with Gasteiger partial charge >= 0.3 is 18.3 Å². The molecule has 0 amide bonds. The lowest BCUT2D eigenvalue weighted by molar-refractivity contribution is -0.305. The zero-order valence-electron chi connectivity index (χ0n) is 21.3. The quantitative estimate of drug-likeness (QED) is 0.103. The molecule has 1 fully saturated rings. The Morgan fingerprint density at radius 1 is 0.872 bits per heavy atom. The molecule has 0 aliphatic carbocycles. The predicted molar refractivity (Wildman–Crippen MR) is 128 cm³/mol. The Morgan fingerprint density at radius 2 is 1.44 bits per heavy atom. The van der Waals surface area contributed by atoms with E-state index < -0.39 is 30.2 Å². The summed E-state index contributed by atoms with van der Waals surface area (Å²) in [6.45, 7) is 5.62. The number of hydrogen-bond donors (Lipinski definition) is 0. The second-order valence-corrected chi connectivity index (χ2v) is 9.57. The second-order valence-electron chi connectivity index (χ2n) is 9.57. The van der Waals surface area contributed by atoms with Crippen LogP contribution in [0.1, 0.15) is 43.0 Å². The van der Waals surface area contributed by atoms with Gasteiger partial charge in [0.25, 0.3) is 6.17 Å². The Labute approximate surface area is 222 Å². The minimum Gasteiger partial charge on any atom is -0.494 e. The SMILES string of the molecule is CC1(COCCCCCCOc2ccc(C(=O)Oc3ccc(OC(F)(F)C(F)C(F)(F)F)cc3)cc2)COC1. The van der Waals surface area contributed by atoms with Crippen LogP contribution >= 0.6 is 0 Å². The average molecular weight is 565 g/mol. The highest BCUT2D eigenvalue weighted by Crippen LogP contribution is 2.37. The molecule has 39 heavy (non-hydrogen) atoms. The largest absolute Gasteiger partial charge is 0.494 e. The van der Waals surface area contributed by atoms with E-state index in [-0.39, 0.29) is 16.7 Å². The van der Waals surface area contributed by atoms with E-state index in [1.54, 1.807) is 12.1 Å². The van der Waals surface area contributed by atoms with Crippen molar-refractivity contribution < 1.29 is 54.8 Å². The molecule has 1 aliphatic heterocycles. The van der Waals surface area contributed by atoms with Crippen LogP contribution in [0, 0.1) is 5.41 Å². The number of unbranched alkanes of at least 4 members (excludes halogenated alkanes) is 3. The van der Waals surface area contributed by atoms with Crippen molar-refractivity contribution in [2.45, 2.75) is 51.1 Å². The molecule has 0 N–H and O–H groups in total. The van der Waals surface area contributed by atoms with Gasteiger partial charge in [0.1, 0.15) is 17.2 Å². The van der Waals surface area contributed by atoms with E-state index in [1.165, 1.54) is 12.1 Å². The molecule has 0 radical (unpaired) electrons. The van der Waals surface area contributed by atoms with E-state index in [2.05, 4.69) is 11.7 Å². The van der Waals surface area contributed by atoms with Crippen LogP contribution in [0.15, 0.2) is 48.5 Å². The van der Waals surface area contributed by atoms with E-state index in [9.17, 15) is 31.1 Å². The summed E-state index contributed by atoms with van der Waals surface area (Å²) < 4.78 is 102. The first-order chi connectivity index (χ1) is 18.4. The van der Waals surface area contributed by atoms with Gasteiger partial charge in [-0.3, -0.25) is 0 Å². The number of rotatable bonds is 15. The summed E-state index contributed by atoms with van der Waals surface area (Å²) in [4.78, 5) is 12.3. The van der Waals surface area contributed by atoms with Crippen LogP contribution in [-0.4, -0.2) is 57.5 Å². The van der Waals surface area contributed by atoms with Crippen molar-refractivity contribution in [3.8, 4) is 17.2 Å². The van der Waals surface area contributed by atoms with Crippen LogP contribution in [0.4, 0.5) is 26.3 Å². The van der Waals surface area contributed by atoms with Crippen LogP contribution in [0.5, 0.6) is 17.2 Å². The van der Waals surface area contributed by atoms with Gasteiger partial charge in [-0.2, -0.15) is 22.0 Å². The van der Waals surface area contributed by atoms with Crippen LogP contribution < -0.4 is 14.2 Å². The van der Waals surface area contributed by atoms with Gasteiger partial charge in [-0.15, -0.1) is 0 Å². The number of alkyl halides is 6. The third kappa shape index (κ3) is 9.61. The summed E-state index contributed by atoms with van der Waals surface area (Å²) in [6, 6.07) is 9.88. The predicted octanol–water partition coefficient (Wildman–Crippen LogP) is 6.77. The van der Waals surface area contributed by atoms with E-state index in [1.807, 2.05) is 0 Å². The van der Waals surface area contributed by atoms with Crippen LogP contribution in [0.3, 0.4) is 0 Å². The number of carbonyl (C=O) groups is 1. The molecule has 12 heteroatoms. The number of benzene rings is 2. The number of ether oxygens (including phenoxy) is 5. The molecule has 3 rings (SSSR count). The van der Waals surface area contributed by atoms with Gasteiger partial charge in [0.15, 0.2) is 0 Å². The Kier molecular flexibility index (Phi) is 10.5. The van der Waals surface area contributed by atoms with Crippen LogP contribution in [0.2, 0.25) is 0 Å². The summed E-state index contributed by atoms with van der Waals surface area (Å²) in [6.07, 6.45) is -11.6. The molecular formula is C27H30F6O6. The van der Waals surface area contributed by atoms with Gasteiger partial charge in [-0.05, 0) is 67.8 Å². The number of hydrogen-bond acceptors (Lipinski definition) is 6. The Balaban J connectivity index is 1.33. The van der Waals surface area contributed by atoms with E-state index >= 15 is 0 Å². The minimum absolute atomic E-state index is 0.0831. The molecule has 216 valence electrons. The fourth-order valence-corrected chi connectivity index (χ4v) is 3.53. The van der Waals surface area contributed by atoms with Gasteiger partial charge in [-0.1, -0.05) is 13.3 Å². The first kappa shape index (κ1) is 30.6. The monoisotopic (exact) mass is 564 g/mol. The minimum atomic E-state index is -5.79. The molecule has 0 aromatic heterocycles. The molecule has 1 unspecified atom stereocenters. The lowest BCUT2D eigenvalue weighted by Crippen LogP contribution is -2.45. The molecule has 1 saturated heterocycles. The van der Waals surface area contributed by atoms with Crippen molar-refractivity contribution >= 4 is 5.97 Å². The van der Waals surface area contributed by atoms with Crippen molar-refractivity contribution in [2.75, 3.05) is 33.0 Å². The summed E-state index contributed by atoms with van der Waals surface area (Å²) in [5, 5.41) is 0. The Hall–Kier alpha value is -2.99. The molecule has 1 aliphatic rings. The first-order valence-electron chi connectivity index (χ1n) is 12.4. The smallest absolute Gasteiger partial charge is 0.439 e. The average Bonchev–Trinajstić information content (AvgIpc) is 2.87. The maximum absolute atomic E-state index is 13.4. The Morgan fingerprint density at radius 3 is 2.00 bits per heavy atom. The maximum atomic E-state index is 13.4. The van der Waals surface area contributed by atoms with Crippen molar-refractivity contribution in [1.82, 2.24) is 0 Å². The van der Waals surface area contributed by atoms with Crippen molar-refractivity contribution in [2.24, 2.45) is 5.41 Å². The molecular weight excluding hydrogens is 534 g/mol. The highest BCUT2D eigenvalue weighted by molar-refractivity contribution is 5.91. The van der Waals surface area contributed by atoms with Crippen molar-refractivity contribution in [3.05, 3.63) is 54.1 Å². The van der Waals surface area contributed by atoms with Gasteiger partial charge in [0, 0.05) is 12.0 Å². The van der Waals surface area contributed by atoms with Gasteiger partial charge in [0.2, 0.25) is 0 Å². The summed E-state index contributed by atoms with van der Waals surface area (Å²) in [5.41, 5.74) is 0.346. The van der Waals surface area contributed by atoms with Gasteiger partial charge in [0.05, 0.1) is 32.0 Å². The zero-order valence-corrected chi connectivity index (χ0v) is 21.3. The maximum Gasteiger partial charge on any atom is 0.439 e. The molecule has 6 nitrogen and oxygen atoms in total. The standard InChI is InChI=1S/C27H30F6O6/c1-25(17-36-18-25)16-35-14-4-2-3-5-15-37-20-8-6-19(7-9-20)23(34)38-21-10-12-22(13-11-21)39-27(32,33)24(28)26(29,30)31/h6-13,24H,2-5,14-18H2,1H3. The molecule has 0 spiro atoms. The van der Waals surface area contributed by atoms with E-state index in [0.29, 0.717) is 12.4 Å². The van der Waals surface area contributed by atoms with Crippen molar-refractivity contribution in [1.29, 1.82) is 0 Å². The number of carbonyl (C=O) groups excluding carboxylic acids is 1.